The van der Waals surface area contributed by atoms with E-state index in [1.165, 1.54) is 6.92 Å². The second-order valence-electron chi connectivity index (χ2n) is 5.97. The lowest BCUT2D eigenvalue weighted by atomic mass is 10.2. The number of pyridine rings is 1. The van der Waals surface area contributed by atoms with Gasteiger partial charge in [0.2, 0.25) is 5.91 Å². The van der Waals surface area contributed by atoms with E-state index in [2.05, 4.69) is 20.9 Å². The molecule has 1 aromatic heterocycles. The minimum Gasteiger partial charge on any atom is -0.495 e. The summed E-state index contributed by atoms with van der Waals surface area (Å²) in [5.74, 6) is 0.242. The van der Waals surface area contributed by atoms with Crippen LogP contribution in [0.4, 0.5) is 22.7 Å². The topological polar surface area (TPSA) is 92.4 Å². The molecule has 0 bridgehead atoms. The Morgan fingerprint density at radius 1 is 0.857 bits per heavy atom. The standard InChI is InChI=1S/C21H20N4O3/c1-14(26)23-15-7-9-16(10-8-15)25-21(27)19-12-11-17(13-22-19)24-18-5-3-4-6-20(18)28-2/h3-13,24H,1-2H3,(H,23,26)(H,25,27). The number of nitrogens with zero attached hydrogens (tertiary/aromatic N) is 1. The lowest BCUT2D eigenvalue weighted by Gasteiger charge is -2.11. The van der Waals surface area contributed by atoms with E-state index in [0.717, 1.165) is 11.4 Å². The Labute approximate surface area is 162 Å². The Morgan fingerprint density at radius 3 is 2.11 bits per heavy atom. The number of carbonyl (C=O) groups is 2. The number of aromatic nitrogens is 1. The van der Waals surface area contributed by atoms with Crippen LogP contribution in [0.5, 0.6) is 5.75 Å². The SMILES string of the molecule is COc1ccccc1Nc1ccc(C(=O)Nc2ccc(NC(C)=O)cc2)nc1. The molecule has 2 aromatic carbocycles. The fourth-order valence-electron chi connectivity index (χ4n) is 2.54. The smallest absolute Gasteiger partial charge is 0.274 e. The summed E-state index contributed by atoms with van der Waals surface area (Å²) in [6.07, 6.45) is 1.58. The Hall–Kier alpha value is -3.87. The molecule has 0 fully saturated rings. The number of amides is 2. The molecule has 142 valence electrons. The fourth-order valence-corrected chi connectivity index (χ4v) is 2.54. The van der Waals surface area contributed by atoms with Gasteiger partial charge in [0.25, 0.3) is 5.91 Å². The quantitative estimate of drug-likeness (QED) is 0.604. The summed E-state index contributed by atoms with van der Waals surface area (Å²) >= 11 is 0. The van der Waals surface area contributed by atoms with Crippen molar-refractivity contribution in [3.63, 3.8) is 0 Å². The minimum absolute atomic E-state index is 0.150. The molecule has 2 amide bonds. The fraction of sp³-hybridized carbons (Fsp3) is 0.0952. The first-order chi connectivity index (χ1) is 13.5. The van der Waals surface area contributed by atoms with Crippen molar-refractivity contribution < 1.29 is 14.3 Å². The van der Waals surface area contributed by atoms with Crippen LogP contribution in [0.2, 0.25) is 0 Å². The Morgan fingerprint density at radius 2 is 1.50 bits per heavy atom. The van der Waals surface area contributed by atoms with Crippen LogP contribution in [0.25, 0.3) is 0 Å². The predicted molar refractivity (Wildman–Crippen MR) is 109 cm³/mol. The van der Waals surface area contributed by atoms with E-state index in [0.29, 0.717) is 17.1 Å². The van der Waals surface area contributed by atoms with E-state index in [1.807, 2.05) is 24.3 Å². The van der Waals surface area contributed by atoms with Crippen LogP contribution in [-0.2, 0) is 4.79 Å². The van der Waals surface area contributed by atoms with Gasteiger partial charge in [-0.2, -0.15) is 0 Å². The molecule has 0 unspecified atom stereocenters. The molecule has 7 heteroatoms. The second-order valence-corrected chi connectivity index (χ2v) is 5.97. The van der Waals surface area contributed by atoms with Crippen molar-refractivity contribution in [3.05, 3.63) is 72.6 Å². The third-order valence-corrected chi connectivity index (χ3v) is 3.85. The van der Waals surface area contributed by atoms with E-state index in [9.17, 15) is 9.59 Å². The monoisotopic (exact) mass is 376 g/mol. The minimum atomic E-state index is -0.323. The van der Waals surface area contributed by atoms with E-state index in [4.69, 9.17) is 4.74 Å². The molecule has 3 N–H and O–H groups in total. The molecule has 1 heterocycles. The number of ether oxygens (including phenoxy) is 1. The van der Waals surface area contributed by atoms with Gasteiger partial charge in [-0.15, -0.1) is 0 Å². The molecular weight excluding hydrogens is 356 g/mol. The number of rotatable bonds is 6. The number of para-hydroxylation sites is 2. The summed E-state index contributed by atoms with van der Waals surface area (Å²) in [7, 11) is 1.61. The van der Waals surface area contributed by atoms with Crippen molar-refractivity contribution in [1.82, 2.24) is 4.98 Å². The molecule has 0 atom stereocenters. The van der Waals surface area contributed by atoms with Gasteiger partial charge in [0, 0.05) is 18.3 Å². The number of hydrogen-bond acceptors (Lipinski definition) is 5. The molecular formula is C21H20N4O3. The summed E-state index contributed by atoms with van der Waals surface area (Å²) in [6, 6.07) is 17.8. The van der Waals surface area contributed by atoms with Crippen LogP contribution in [0.15, 0.2) is 66.9 Å². The largest absolute Gasteiger partial charge is 0.495 e. The highest BCUT2D eigenvalue weighted by molar-refractivity contribution is 6.03. The zero-order valence-electron chi connectivity index (χ0n) is 15.5. The zero-order chi connectivity index (χ0) is 19.9. The van der Waals surface area contributed by atoms with Crippen LogP contribution in [0.3, 0.4) is 0 Å². The van der Waals surface area contributed by atoms with Gasteiger partial charge >= 0.3 is 0 Å². The van der Waals surface area contributed by atoms with E-state index >= 15 is 0 Å². The highest BCUT2D eigenvalue weighted by Crippen LogP contribution is 2.26. The van der Waals surface area contributed by atoms with Crippen LogP contribution in [0, 0.1) is 0 Å². The summed E-state index contributed by atoms with van der Waals surface area (Å²) in [6.45, 7) is 1.44. The number of benzene rings is 2. The predicted octanol–water partition coefficient (Wildman–Crippen LogP) is 4.04. The summed E-state index contributed by atoms with van der Waals surface area (Å²) in [4.78, 5) is 27.6. The molecule has 0 aliphatic rings. The molecule has 0 aliphatic carbocycles. The number of carbonyl (C=O) groups excluding carboxylic acids is 2. The number of nitrogens with one attached hydrogen (secondary N) is 3. The Balaban J connectivity index is 1.64. The Bertz CT molecular complexity index is 970. The van der Waals surface area contributed by atoms with Crippen molar-refractivity contribution in [3.8, 4) is 5.75 Å². The van der Waals surface area contributed by atoms with Crippen LogP contribution in [0.1, 0.15) is 17.4 Å². The molecule has 0 spiro atoms. The number of methoxy groups -OCH3 is 1. The van der Waals surface area contributed by atoms with Gasteiger partial charge in [0.05, 0.1) is 24.7 Å². The lowest BCUT2D eigenvalue weighted by molar-refractivity contribution is -0.114. The highest BCUT2D eigenvalue weighted by Gasteiger charge is 2.09. The molecule has 0 aliphatic heterocycles. The first-order valence-electron chi connectivity index (χ1n) is 8.60. The Kier molecular flexibility index (Phi) is 5.86. The van der Waals surface area contributed by atoms with Gasteiger partial charge in [0.15, 0.2) is 0 Å². The maximum atomic E-state index is 12.4. The second kappa shape index (κ2) is 8.68. The molecule has 0 saturated heterocycles. The molecule has 28 heavy (non-hydrogen) atoms. The van der Waals surface area contributed by atoms with Gasteiger partial charge < -0.3 is 20.7 Å². The lowest BCUT2D eigenvalue weighted by Crippen LogP contribution is -2.13. The third-order valence-electron chi connectivity index (χ3n) is 3.85. The molecule has 0 radical (unpaired) electrons. The van der Waals surface area contributed by atoms with E-state index in [-0.39, 0.29) is 17.5 Å². The van der Waals surface area contributed by atoms with Crippen LogP contribution < -0.4 is 20.7 Å². The first kappa shape index (κ1) is 18.9. The van der Waals surface area contributed by atoms with E-state index in [1.54, 1.807) is 49.7 Å². The maximum absolute atomic E-state index is 12.4. The summed E-state index contributed by atoms with van der Waals surface area (Å²) in [5, 5.41) is 8.65. The average molecular weight is 376 g/mol. The van der Waals surface area contributed by atoms with Crippen molar-refractivity contribution in [2.75, 3.05) is 23.1 Å². The first-order valence-corrected chi connectivity index (χ1v) is 8.60. The van der Waals surface area contributed by atoms with Crippen molar-refractivity contribution >= 4 is 34.6 Å². The van der Waals surface area contributed by atoms with Gasteiger partial charge in [-0.25, -0.2) is 4.98 Å². The zero-order valence-corrected chi connectivity index (χ0v) is 15.5. The molecule has 3 aromatic rings. The number of hydrogen-bond donors (Lipinski definition) is 3. The third kappa shape index (κ3) is 4.85. The molecule has 7 nitrogen and oxygen atoms in total. The maximum Gasteiger partial charge on any atom is 0.274 e. The van der Waals surface area contributed by atoms with Gasteiger partial charge in [-0.05, 0) is 48.5 Å². The normalized spacial score (nSPS) is 10.1. The van der Waals surface area contributed by atoms with Crippen molar-refractivity contribution in [1.29, 1.82) is 0 Å². The van der Waals surface area contributed by atoms with Gasteiger partial charge in [-0.1, -0.05) is 12.1 Å². The summed E-state index contributed by atoms with van der Waals surface area (Å²) < 4.78 is 5.31. The number of anilines is 4. The van der Waals surface area contributed by atoms with Crippen LogP contribution in [-0.4, -0.2) is 23.9 Å². The van der Waals surface area contributed by atoms with Gasteiger partial charge in [0.1, 0.15) is 11.4 Å². The van der Waals surface area contributed by atoms with Crippen LogP contribution >= 0.6 is 0 Å². The molecule has 0 saturated carbocycles. The molecule has 3 rings (SSSR count). The van der Waals surface area contributed by atoms with Gasteiger partial charge in [-0.3, -0.25) is 9.59 Å². The van der Waals surface area contributed by atoms with Crippen molar-refractivity contribution in [2.45, 2.75) is 6.92 Å². The van der Waals surface area contributed by atoms with Crippen molar-refractivity contribution in [2.24, 2.45) is 0 Å². The highest BCUT2D eigenvalue weighted by atomic mass is 16.5. The average Bonchev–Trinajstić information content (AvgIpc) is 2.70. The van der Waals surface area contributed by atoms with E-state index < -0.39 is 0 Å². The summed E-state index contributed by atoms with van der Waals surface area (Å²) in [5.41, 5.74) is 3.10.